The monoisotopic (exact) mass is 504 g/mol. The molecule has 0 saturated heterocycles. The van der Waals surface area contributed by atoms with Gasteiger partial charge in [0, 0.05) is 35.8 Å². The van der Waals surface area contributed by atoms with Crippen molar-refractivity contribution in [3.8, 4) is 28.7 Å². The number of rotatable bonds is 9. The van der Waals surface area contributed by atoms with E-state index in [4.69, 9.17) is 23.7 Å². The Morgan fingerprint density at radius 3 is 2.51 bits per heavy atom. The van der Waals surface area contributed by atoms with Crippen LogP contribution in [0, 0.1) is 0 Å². The first-order chi connectivity index (χ1) is 18.1. The van der Waals surface area contributed by atoms with Gasteiger partial charge in [-0.25, -0.2) is 0 Å². The summed E-state index contributed by atoms with van der Waals surface area (Å²) in [6.45, 7) is 1.60. The van der Waals surface area contributed by atoms with Gasteiger partial charge in [-0.15, -0.1) is 0 Å². The van der Waals surface area contributed by atoms with Crippen molar-refractivity contribution in [3.63, 3.8) is 0 Å². The van der Waals surface area contributed by atoms with Crippen molar-refractivity contribution >= 4 is 5.91 Å². The number of methoxy groups -OCH3 is 3. The maximum Gasteiger partial charge on any atom is 0.234 e. The predicted octanol–water partition coefficient (Wildman–Crippen LogP) is 3.90. The zero-order valence-corrected chi connectivity index (χ0v) is 21.4. The van der Waals surface area contributed by atoms with Gasteiger partial charge in [0.05, 0.1) is 27.9 Å². The molecule has 1 amide bonds. The van der Waals surface area contributed by atoms with Crippen LogP contribution < -0.4 is 29.0 Å². The molecule has 0 saturated carbocycles. The molecule has 5 rings (SSSR count). The molecule has 2 aliphatic heterocycles. The maximum atomic E-state index is 13.1. The van der Waals surface area contributed by atoms with E-state index in [1.54, 1.807) is 21.3 Å². The molecule has 2 aliphatic rings. The van der Waals surface area contributed by atoms with Crippen molar-refractivity contribution in [1.29, 1.82) is 0 Å². The molecule has 0 radical (unpaired) electrons. The zero-order valence-electron chi connectivity index (χ0n) is 21.4. The highest BCUT2D eigenvalue weighted by molar-refractivity contribution is 5.78. The quantitative estimate of drug-likeness (QED) is 0.474. The number of carbonyl (C=O) groups is 1. The normalized spacial score (nSPS) is 16.1. The minimum absolute atomic E-state index is 0.0492. The van der Waals surface area contributed by atoms with Crippen molar-refractivity contribution < 1.29 is 28.5 Å². The molecule has 1 atom stereocenters. The molecule has 3 aromatic rings. The van der Waals surface area contributed by atoms with Crippen LogP contribution in [0.5, 0.6) is 28.7 Å². The molecule has 0 fully saturated rings. The number of para-hydroxylation sites is 1. The number of hydrogen-bond acceptors (Lipinski definition) is 7. The molecule has 0 bridgehead atoms. The average molecular weight is 505 g/mol. The van der Waals surface area contributed by atoms with E-state index < -0.39 is 0 Å². The lowest BCUT2D eigenvalue weighted by Crippen LogP contribution is -2.43. The van der Waals surface area contributed by atoms with Crippen LogP contribution >= 0.6 is 0 Å². The molecule has 1 N–H and O–H groups in total. The summed E-state index contributed by atoms with van der Waals surface area (Å²) >= 11 is 0. The molecule has 0 spiro atoms. The van der Waals surface area contributed by atoms with Gasteiger partial charge in [0.2, 0.25) is 12.7 Å². The Morgan fingerprint density at radius 1 is 0.946 bits per heavy atom. The molecule has 1 unspecified atom stereocenters. The average Bonchev–Trinajstić information content (AvgIpc) is 3.40. The maximum absolute atomic E-state index is 13.1. The van der Waals surface area contributed by atoms with E-state index >= 15 is 0 Å². The highest BCUT2D eigenvalue weighted by atomic mass is 16.7. The Kier molecular flexibility index (Phi) is 7.37. The number of amides is 1. The van der Waals surface area contributed by atoms with E-state index in [0.717, 1.165) is 57.4 Å². The topological polar surface area (TPSA) is 78.5 Å². The Morgan fingerprint density at radius 2 is 1.70 bits per heavy atom. The van der Waals surface area contributed by atoms with Gasteiger partial charge >= 0.3 is 0 Å². The van der Waals surface area contributed by atoms with Crippen LogP contribution in [-0.2, 0) is 24.2 Å². The predicted molar refractivity (Wildman–Crippen MR) is 139 cm³/mol. The smallest absolute Gasteiger partial charge is 0.234 e. The number of benzene rings is 3. The first-order valence-corrected chi connectivity index (χ1v) is 12.4. The van der Waals surface area contributed by atoms with E-state index in [2.05, 4.69) is 10.2 Å². The Balaban J connectivity index is 1.41. The van der Waals surface area contributed by atoms with Gasteiger partial charge in [0.1, 0.15) is 17.2 Å². The number of hydrogen-bond donors (Lipinski definition) is 1. The van der Waals surface area contributed by atoms with Gasteiger partial charge in [0.15, 0.2) is 11.5 Å². The van der Waals surface area contributed by atoms with E-state index in [1.165, 1.54) is 0 Å². The van der Waals surface area contributed by atoms with Crippen LogP contribution in [-0.4, -0.2) is 52.0 Å². The Hall–Kier alpha value is -3.91. The summed E-state index contributed by atoms with van der Waals surface area (Å²) in [6.07, 6.45) is 1.43. The van der Waals surface area contributed by atoms with E-state index in [0.29, 0.717) is 19.5 Å². The summed E-state index contributed by atoms with van der Waals surface area (Å²) in [7, 11) is 5.00. The van der Waals surface area contributed by atoms with Gasteiger partial charge in [-0.2, -0.15) is 0 Å². The zero-order chi connectivity index (χ0) is 25.8. The van der Waals surface area contributed by atoms with Crippen molar-refractivity contribution in [2.24, 2.45) is 0 Å². The van der Waals surface area contributed by atoms with Crippen molar-refractivity contribution in [3.05, 3.63) is 76.9 Å². The van der Waals surface area contributed by atoms with Crippen LogP contribution in [0.2, 0.25) is 0 Å². The third-order valence-electron chi connectivity index (χ3n) is 7.02. The van der Waals surface area contributed by atoms with Crippen LogP contribution in [0.3, 0.4) is 0 Å². The molecule has 8 heteroatoms. The fourth-order valence-electron chi connectivity index (χ4n) is 5.20. The molecule has 0 aliphatic carbocycles. The molecular formula is C29H32N2O6. The number of nitrogens with one attached hydrogen (secondary N) is 1. The van der Waals surface area contributed by atoms with E-state index in [-0.39, 0.29) is 25.3 Å². The highest BCUT2D eigenvalue weighted by Crippen LogP contribution is 2.43. The summed E-state index contributed by atoms with van der Waals surface area (Å²) in [6, 6.07) is 17.5. The van der Waals surface area contributed by atoms with Crippen LogP contribution in [0.15, 0.2) is 54.6 Å². The second-order valence-electron chi connectivity index (χ2n) is 9.08. The fourth-order valence-corrected chi connectivity index (χ4v) is 5.20. The summed E-state index contributed by atoms with van der Waals surface area (Å²) in [5.74, 6) is 3.83. The van der Waals surface area contributed by atoms with Crippen molar-refractivity contribution in [2.75, 3.05) is 41.2 Å². The molecule has 194 valence electrons. The third kappa shape index (κ3) is 5.15. The van der Waals surface area contributed by atoms with E-state index in [9.17, 15) is 4.79 Å². The van der Waals surface area contributed by atoms with Gasteiger partial charge < -0.3 is 29.0 Å². The third-order valence-corrected chi connectivity index (χ3v) is 7.02. The second kappa shape index (κ2) is 11.0. The summed E-state index contributed by atoms with van der Waals surface area (Å²) in [5.41, 5.74) is 4.21. The molecule has 37 heavy (non-hydrogen) atoms. The van der Waals surface area contributed by atoms with Crippen LogP contribution in [0.25, 0.3) is 0 Å². The molecular weight excluding hydrogens is 472 g/mol. The second-order valence-corrected chi connectivity index (χ2v) is 9.08. The summed E-state index contributed by atoms with van der Waals surface area (Å²) in [5, 5.41) is 3.06. The first-order valence-electron chi connectivity index (χ1n) is 12.4. The number of fused-ring (bicyclic) bond motifs is 2. The van der Waals surface area contributed by atoms with Crippen LogP contribution in [0.4, 0.5) is 0 Å². The van der Waals surface area contributed by atoms with Crippen molar-refractivity contribution in [2.45, 2.75) is 25.4 Å². The van der Waals surface area contributed by atoms with Gasteiger partial charge in [-0.05, 0) is 48.7 Å². The highest BCUT2D eigenvalue weighted by Gasteiger charge is 2.34. The Bertz CT molecular complexity index is 1280. The summed E-state index contributed by atoms with van der Waals surface area (Å²) in [4.78, 5) is 15.4. The number of ether oxygens (including phenoxy) is 5. The standard InChI is InChI=1S/C29H32N2O6/c1-33-23-7-5-4-6-20(23)16-30-28(32)17-31-13-12-21-24(34-2)10-11-26(35-3)29(21)22(31)14-19-8-9-25-27(15-19)37-18-36-25/h4-11,15,22H,12-14,16-18H2,1-3H3,(H,30,32). The molecule has 0 aromatic heterocycles. The lowest BCUT2D eigenvalue weighted by Gasteiger charge is -2.38. The van der Waals surface area contributed by atoms with Crippen LogP contribution in [0.1, 0.15) is 28.3 Å². The van der Waals surface area contributed by atoms with Gasteiger partial charge in [-0.1, -0.05) is 24.3 Å². The lowest BCUT2D eigenvalue weighted by molar-refractivity contribution is -0.123. The molecule has 3 aromatic carbocycles. The van der Waals surface area contributed by atoms with Crippen molar-refractivity contribution in [1.82, 2.24) is 10.2 Å². The summed E-state index contributed by atoms with van der Waals surface area (Å²) < 4.78 is 28.0. The van der Waals surface area contributed by atoms with Gasteiger partial charge in [-0.3, -0.25) is 9.69 Å². The largest absolute Gasteiger partial charge is 0.496 e. The molecule has 2 heterocycles. The van der Waals surface area contributed by atoms with E-state index in [1.807, 2.05) is 54.6 Å². The SMILES string of the molecule is COc1ccccc1CNC(=O)CN1CCc2c(OC)ccc(OC)c2C1Cc1ccc2c(c1)OCO2. The Labute approximate surface area is 217 Å². The number of nitrogens with zero attached hydrogens (tertiary/aromatic N) is 1. The first kappa shape index (κ1) is 24.8. The minimum Gasteiger partial charge on any atom is -0.496 e. The lowest BCUT2D eigenvalue weighted by atomic mass is 9.87. The van der Waals surface area contributed by atoms with Gasteiger partial charge in [0.25, 0.3) is 0 Å². The molecule has 8 nitrogen and oxygen atoms in total. The minimum atomic E-state index is -0.0915. The number of carbonyl (C=O) groups excluding carboxylic acids is 1. The fraction of sp³-hybridized carbons (Fsp3) is 0.345.